The number of urea groups is 1. The van der Waals surface area contributed by atoms with Crippen LogP contribution in [0, 0.1) is 23.3 Å². The second-order valence-corrected chi connectivity index (χ2v) is 9.29. The minimum atomic E-state index is -1.16. The number of barbiturate groups is 1. The molecule has 2 fully saturated rings. The van der Waals surface area contributed by atoms with Crippen molar-refractivity contribution in [2.24, 2.45) is 0 Å². The lowest BCUT2D eigenvalue weighted by Gasteiger charge is -2.38. The zero-order valence-corrected chi connectivity index (χ0v) is 24.1. The van der Waals surface area contributed by atoms with Crippen LogP contribution in [0.1, 0.15) is 85.8 Å². The second-order valence-electron chi connectivity index (χ2n) is 9.29. The Balaban J connectivity index is 0.00000119. The van der Waals surface area contributed by atoms with Crippen molar-refractivity contribution in [1.82, 2.24) is 9.80 Å². The number of amides is 4. The summed E-state index contributed by atoms with van der Waals surface area (Å²) in [5.74, 6) is -5.67. The Morgan fingerprint density at radius 3 is 1.77 bits per heavy atom. The third-order valence-corrected chi connectivity index (χ3v) is 6.44. The molecule has 1 heterocycles. The molecule has 4 rings (SSSR count). The molecule has 0 atom stereocenters. The molecule has 2 aliphatic rings. The highest BCUT2D eigenvalue weighted by atomic mass is 19.2. The number of rotatable bonds is 6. The van der Waals surface area contributed by atoms with E-state index in [0.29, 0.717) is 12.8 Å². The zero-order chi connectivity index (χ0) is 30.1. The van der Waals surface area contributed by atoms with Crippen LogP contribution < -0.4 is 0 Å². The van der Waals surface area contributed by atoms with E-state index in [9.17, 15) is 31.9 Å². The molecule has 0 radical (unpaired) electrons. The van der Waals surface area contributed by atoms with Gasteiger partial charge in [-0.2, -0.15) is 0 Å². The van der Waals surface area contributed by atoms with Gasteiger partial charge in [-0.3, -0.25) is 19.4 Å². The van der Waals surface area contributed by atoms with E-state index >= 15 is 0 Å². The SMILES string of the molecule is CC.CC.CC.CC(C)(CN1C(=O)CC(=O)N(CC2(c3cccc(F)c3F)CC2)C1=O)c1cccc(F)c1F. The summed E-state index contributed by atoms with van der Waals surface area (Å²) in [4.78, 5) is 40.0. The first kappa shape index (κ1) is 33.8. The van der Waals surface area contributed by atoms with Crippen LogP contribution in [0.2, 0.25) is 0 Å². The van der Waals surface area contributed by atoms with Gasteiger partial charge in [-0.1, -0.05) is 79.7 Å². The lowest BCUT2D eigenvalue weighted by atomic mass is 9.83. The van der Waals surface area contributed by atoms with Crippen molar-refractivity contribution in [2.45, 2.75) is 85.5 Å². The fourth-order valence-corrected chi connectivity index (χ4v) is 4.38. The fraction of sp³-hybridized carbons (Fsp3) is 0.500. The van der Waals surface area contributed by atoms with E-state index in [-0.39, 0.29) is 24.2 Å². The molecule has 216 valence electrons. The summed E-state index contributed by atoms with van der Waals surface area (Å²) in [6.45, 7) is 14.6. The lowest BCUT2D eigenvalue weighted by Crippen LogP contribution is -2.58. The first-order valence-corrected chi connectivity index (χ1v) is 13.5. The summed E-state index contributed by atoms with van der Waals surface area (Å²) in [5.41, 5.74) is -2.02. The molecule has 9 heteroatoms. The summed E-state index contributed by atoms with van der Waals surface area (Å²) in [6, 6.07) is 6.52. The van der Waals surface area contributed by atoms with Gasteiger partial charge in [-0.25, -0.2) is 22.4 Å². The van der Waals surface area contributed by atoms with Crippen LogP contribution >= 0.6 is 0 Å². The van der Waals surface area contributed by atoms with Crippen LogP contribution in [-0.4, -0.2) is 40.7 Å². The average Bonchev–Trinajstić information content (AvgIpc) is 3.71. The average molecular weight is 553 g/mol. The maximum Gasteiger partial charge on any atom is 0.333 e. The van der Waals surface area contributed by atoms with E-state index in [2.05, 4.69) is 0 Å². The summed E-state index contributed by atoms with van der Waals surface area (Å²) in [6.07, 6.45) is 0.298. The molecule has 39 heavy (non-hydrogen) atoms. The number of hydrogen-bond acceptors (Lipinski definition) is 3. The van der Waals surface area contributed by atoms with E-state index in [1.807, 2.05) is 41.5 Å². The summed E-state index contributed by atoms with van der Waals surface area (Å²) < 4.78 is 56.3. The van der Waals surface area contributed by atoms with Gasteiger partial charge in [0.05, 0.1) is 0 Å². The number of imide groups is 2. The molecule has 0 aromatic heterocycles. The minimum Gasteiger partial charge on any atom is -0.274 e. The van der Waals surface area contributed by atoms with Gasteiger partial charge in [0.2, 0.25) is 11.8 Å². The van der Waals surface area contributed by atoms with Gasteiger partial charge in [0.1, 0.15) is 6.42 Å². The Bertz CT molecular complexity index is 1090. The summed E-state index contributed by atoms with van der Waals surface area (Å²) in [5, 5.41) is 0. The largest absolute Gasteiger partial charge is 0.333 e. The Labute approximate surface area is 229 Å². The Hall–Kier alpha value is -3.23. The monoisotopic (exact) mass is 552 g/mol. The van der Waals surface area contributed by atoms with Crippen LogP contribution in [0.4, 0.5) is 22.4 Å². The van der Waals surface area contributed by atoms with E-state index in [0.717, 1.165) is 21.9 Å². The molecule has 1 saturated carbocycles. The highest BCUT2D eigenvalue weighted by Crippen LogP contribution is 2.50. The molecular weight excluding hydrogens is 512 g/mol. The number of carbonyl (C=O) groups is 3. The van der Waals surface area contributed by atoms with Crippen molar-refractivity contribution < 1.29 is 31.9 Å². The molecule has 0 unspecified atom stereocenters. The van der Waals surface area contributed by atoms with Crippen LogP contribution in [-0.2, 0) is 20.4 Å². The van der Waals surface area contributed by atoms with Crippen molar-refractivity contribution in [3.8, 4) is 0 Å². The van der Waals surface area contributed by atoms with Gasteiger partial charge in [-0.05, 0) is 36.1 Å². The Morgan fingerprint density at radius 1 is 0.744 bits per heavy atom. The van der Waals surface area contributed by atoms with Gasteiger partial charge in [-0.15, -0.1) is 0 Å². The van der Waals surface area contributed by atoms with Gasteiger partial charge >= 0.3 is 6.03 Å². The molecule has 2 aromatic rings. The quantitative estimate of drug-likeness (QED) is 0.275. The molecule has 0 spiro atoms. The predicted octanol–water partition coefficient (Wildman–Crippen LogP) is 7.51. The van der Waals surface area contributed by atoms with Crippen molar-refractivity contribution in [2.75, 3.05) is 13.1 Å². The molecule has 5 nitrogen and oxygen atoms in total. The highest BCUT2D eigenvalue weighted by molar-refractivity contribution is 6.14. The Morgan fingerprint density at radius 2 is 1.23 bits per heavy atom. The van der Waals surface area contributed by atoms with Crippen molar-refractivity contribution >= 4 is 17.8 Å². The van der Waals surface area contributed by atoms with E-state index in [4.69, 9.17) is 0 Å². The number of nitrogens with zero attached hydrogens (tertiary/aromatic N) is 2. The number of halogens is 4. The van der Waals surface area contributed by atoms with Crippen LogP contribution in [0.15, 0.2) is 36.4 Å². The van der Waals surface area contributed by atoms with Gasteiger partial charge in [0, 0.05) is 23.9 Å². The van der Waals surface area contributed by atoms with Crippen molar-refractivity contribution in [3.05, 3.63) is 70.8 Å². The molecule has 4 amide bonds. The van der Waals surface area contributed by atoms with E-state index < -0.39 is 58.4 Å². The molecular formula is C30H40F4N2O3. The van der Waals surface area contributed by atoms with E-state index in [1.54, 1.807) is 13.8 Å². The molecule has 2 aromatic carbocycles. The van der Waals surface area contributed by atoms with Crippen LogP contribution in [0.25, 0.3) is 0 Å². The van der Waals surface area contributed by atoms with Gasteiger partial charge < -0.3 is 0 Å². The van der Waals surface area contributed by atoms with E-state index in [1.165, 1.54) is 24.3 Å². The molecule has 0 bridgehead atoms. The third-order valence-electron chi connectivity index (χ3n) is 6.44. The highest BCUT2D eigenvalue weighted by Gasteiger charge is 2.52. The molecule has 1 saturated heterocycles. The topological polar surface area (TPSA) is 57.7 Å². The number of hydrogen-bond donors (Lipinski definition) is 0. The maximum absolute atomic E-state index is 14.4. The number of carbonyl (C=O) groups excluding carboxylic acids is 3. The van der Waals surface area contributed by atoms with Gasteiger partial charge in [0.15, 0.2) is 23.3 Å². The predicted molar refractivity (Wildman–Crippen MR) is 144 cm³/mol. The zero-order valence-electron chi connectivity index (χ0n) is 24.1. The van der Waals surface area contributed by atoms with Crippen LogP contribution in [0.5, 0.6) is 0 Å². The second kappa shape index (κ2) is 14.2. The smallest absolute Gasteiger partial charge is 0.274 e. The maximum atomic E-state index is 14.4. The summed E-state index contributed by atoms with van der Waals surface area (Å²) in [7, 11) is 0. The first-order chi connectivity index (χ1) is 18.5. The normalized spacial score (nSPS) is 15.8. The minimum absolute atomic E-state index is 0.0213. The number of benzene rings is 2. The third kappa shape index (κ3) is 7.25. The molecule has 1 aliphatic heterocycles. The fourth-order valence-electron chi connectivity index (χ4n) is 4.38. The molecule has 0 N–H and O–H groups in total. The van der Waals surface area contributed by atoms with Crippen molar-refractivity contribution in [1.29, 1.82) is 0 Å². The summed E-state index contributed by atoms with van der Waals surface area (Å²) >= 11 is 0. The van der Waals surface area contributed by atoms with Crippen molar-refractivity contribution in [3.63, 3.8) is 0 Å². The first-order valence-electron chi connectivity index (χ1n) is 13.5. The van der Waals surface area contributed by atoms with Gasteiger partial charge in [0.25, 0.3) is 0 Å². The lowest BCUT2D eigenvalue weighted by molar-refractivity contribution is -0.143. The van der Waals surface area contributed by atoms with Crippen LogP contribution in [0.3, 0.4) is 0 Å². The molecule has 1 aliphatic carbocycles. The Kier molecular flexibility index (Phi) is 12.3. The standard InChI is InChI=1S/C24H22F4N2O3.3C2H6/c1-23(2,14-5-3-7-16(25)20(14)27)12-29-18(31)11-19(32)30(22(29)33)13-24(9-10-24)15-6-4-8-17(26)21(15)28;3*1-2/h3-8H,9-13H2,1-2H3;3*1-2H3.